The summed E-state index contributed by atoms with van der Waals surface area (Å²) in [6, 6.07) is 0.314. The molecule has 5 nitrogen and oxygen atoms in total. The van der Waals surface area contributed by atoms with Gasteiger partial charge in [-0.15, -0.1) is 0 Å². The fourth-order valence-corrected chi connectivity index (χ4v) is 2.12. The lowest BCUT2D eigenvalue weighted by molar-refractivity contribution is -0.121. The van der Waals surface area contributed by atoms with Crippen molar-refractivity contribution >= 4 is 5.91 Å². The quantitative estimate of drug-likeness (QED) is 0.486. The topological polar surface area (TPSA) is 81.6 Å². The summed E-state index contributed by atoms with van der Waals surface area (Å²) in [5.41, 5.74) is 0. The largest absolute Gasteiger partial charge is 0.394 e. The van der Waals surface area contributed by atoms with Crippen LogP contribution in [0.5, 0.6) is 0 Å². The minimum atomic E-state index is -0.791. The SMILES string of the molecule is O=C(CNCC(O)CO)NC1CCCCCC1. The maximum absolute atomic E-state index is 11.6. The van der Waals surface area contributed by atoms with Gasteiger partial charge in [0.1, 0.15) is 0 Å². The molecule has 1 rings (SSSR count). The Hall–Kier alpha value is -0.650. The minimum absolute atomic E-state index is 0.0259. The minimum Gasteiger partial charge on any atom is -0.394 e. The van der Waals surface area contributed by atoms with E-state index in [4.69, 9.17) is 10.2 Å². The van der Waals surface area contributed by atoms with Gasteiger partial charge in [0, 0.05) is 12.6 Å². The highest BCUT2D eigenvalue weighted by Gasteiger charge is 2.14. The molecule has 17 heavy (non-hydrogen) atoms. The van der Waals surface area contributed by atoms with Crippen LogP contribution in [-0.2, 0) is 4.79 Å². The Kier molecular flexibility index (Phi) is 7.16. The van der Waals surface area contributed by atoms with Crippen molar-refractivity contribution in [1.82, 2.24) is 10.6 Å². The molecule has 100 valence electrons. The molecular weight excluding hydrogens is 220 g/mol. The number of carbonyl (C=O) groups excluding carboxylic acids is 1. The summed E-state index contributed by atoms with van der Waals surface area (Å²) in [7, 11) is 0. The van der Waals surface area contributed by atoms with Crippen molar-refractivity contribution in [2.24, 2.45) is 0 Å². The first-order valence-electron chi connectivity index (χ1n) is 6.51. The van der Waals surface area contributed by atoms with E-state index in [0.717, 1.165) is 12.8 Å². The third-order valence-corrected chi connectivity index (χ3v) is 3.10. The molecule has 1 unspecified atom stereocenters. The lowest BCUT2D eigenvalue weighted by Crippen LogP contribution is -2.42. The highest BCUT2D eigenvalue weighted by Crippen LogP contribution is 2.16. The van der Waals surface area contributed by atoms with Crippen LogP contribution in [0.1, 0.15) is 38.5 Å². The average molecular weight is 244 g/mol. The van der Waals surface area contributed by atoms with Gasteiger partial charge < -0.3 is 20.8 Å². The van der Waals surface area contributed by atoms with Crippen molar-refractivity contribution < 1.29 is 15.0 Å². The predicted molar refractivity (Wildman–Crippen MR) is 65.6 cm³/mol. The third-order valence-electron chi connectivity index (χ3n) is 3.10. The van der Waals surface area contributed by atoms with Gasteiger partial charge in [0.15, 0.2) is 0 Å². The molecule has 1 aliphatic rings. The molecule has 0 radical (unpaired) electrons. The first kappa shape index (κ1) is 14.4. The van der Waals surface area contributed by atoms with E-state index in [1.807, 2.05) is 0 Å². The van der Waals surface area contributed by atoms with E-state index >= 15 is 0 Å². The highest BCUT2D eigenvalue weighted by molar-refractivity contribution is 5.78. The summed E-state index contributed by atoms with van der Waals surface area (Å²) >= 11 is 0. The fourth-order valence-electron chi connectivity index (χ4n) is 2.12. The van der Waals surface area contributed by atoms with Crippen LogP contribution in [0.3, 0.4) is 0 Å². The van der Waals surface area contributed by atoms with E-state index in [0.29, 0.717) is 6.04 Å². The molecule has 0 heterocycles. The fraction of sp³-hybridized carbons (Fsp3) is 0.917. The van der Waals surface area contributed by atoms with E-state index < -0.39 is 6.10 Å². The van der Waals surface area contributed by atoms with Crippen LogP contribution in [0.2, 0.25) is 0 Å². The molecule has 1 saturated carbocycles. The molecule has 5 heteroatoms. The van der Waals surface area contributed by atoms with Crippen molar-refractivity contribution in [2.45, 2.75) is 50.7 Å². The Morgan fingerprint density at radius 1 is 1.24 bits per heavy atom. The first-order valence-corrected chi connectivity index (χ1v) is 6.51. The lowest BCUT2D eigenvalue weighted by Gasteiger charge is -2.16. The number of amides is 1. The number of hydrogen-bond donors (Lipinski definition) is 4. The van der Waals surface area contributed by atoms with Crippen molar-refractivity contribution in [1.29, 1.82) is 0 Å². The maximum atomic E-state index is 11.6. The molecule has 0 saturated heterocycles. The summed E-state index contributed by atoms with van der Waals surface area (Å²) in [5, 5.41) is 23.5. The Bertz CT molecular complexity index is 216. The predicted octanol–water partition coefficient (Wildman–Crippen LogP) is -0.232. The third kappa shape index (κ3) is 6.61. The van der Waals surface area contributed by atoms with Gasteiger partial charge >= 0.3 is 0 Å². The molecule has 1 amide bonds. The monoisotopic (exact) mass is 244 g/mol. The number of carbonyl (C=O) groups is 1. The van der Waals surface area contributed by atoms with Gasteiger partial charge in [-0.05, 0) is 12.8 Å². The van der Waals surface area contributed by atoms with Crippen molar-refractivity contribution in [2.75, 3.05) is 19.7 Å². The molecule has 4 N–H and O–H groups in total. The zero-order valence-electron chi connectivity index (χ0n) is 10.3. The van der Waals surface area contributed by atoms with Crippen LogP contribution in [-0.4, -0.2) is 48.0 Å². The Balaban J connectivity index is 2.10. The van der Waals surface area contributed by atoms with Crippen LogP contribution in [0, 0.1) is 0 Å². The Labute approximate surface area is 103 Å². The second-order valence-electron chi connectivity index (χ2n) is 4.72. The molecule has 1 aliphatic carbocycles. The average Bonchev–Trinajstić information content (AvgIpc) is 2.57. The van der Waals surface area contributed by atoms with Crippen LogP contribution < -0.4 is 10.6 Å². The molecule has 1 atom stereocenters. The number of hydrogen-bond acceptors (Lipinski definition) is 4. The van der Waals surface area contributed by atoms with Crippen molar-refractivity contribution in [3.8, 4) is 0 Å². The number of nitrogens with one attached hydrogen (secondary N) is 2. The molecule has 0 aromatic carbocycles. The van der Waals surface area contributed by atoms with E-state index in [1.54, 1.807) is 0 Å². The van der Waals surface area contributed by atoms with Gasteiger partial charge in [-0.2, -0.15) is 0 Å². The van der Waals surface area contributed by atoms with Gasteiger partial charge in [-0.1, -0.05) is 25.7 Å². The maximum Gasteiger partial charge on any atom is 0.234 e. The van der Waals surface area contributed by atoms with Gasteiger partial charge in [-0.25, -0.2) is 0 Å². The zero-order valence-corrected chi connectivity index (χ0v) is 10.3. The van der Waals surface area contributed by atoms with E-state index in [9.17, 15) is 4.79 Å². The van der Waals surface area contributed by atoms with Gasteiger partial charge in [0.25, 0.3) is 0 Å². The molecule has 0 bridgehead atoms. The van der Waals surface area contributed by atoms with E-state index in [1.165, 1.54) is 25.7 Å². The normalized spacial score (nSPS) is 19.6. The van der Waals surface area contributed by atoms with Crippen molar-refractivity contribution in [3.63, 3.8) is 0 Å². The summed E-state index contributed by atoms with van der Waals surface area (Å²) < 4.78 is 0. The van der Waals surface area contributed by atoms with Crippen LogP contribution in [0.4, 0.5) is 0 Å². The molecular formula is C12H24N2O3. The van der Waals surface area contributed by atoms with Gasteiger partial charge in [0.05, 0.1) is 19.3 Å². The summed E-state index contributed by atoms with van der Waals surface area (Å²) in [6.07, 6.45) is 6.29. The number of aliphatic hydroxyl groups excluding tert-OH is 2. The highest BCUT2D eigenvalue weighted by atomic mass is 16.3. The van der Waals surface area contributed by atoms with E-state index in [-0.39, 0.29) is 25.6 Å². The zero-order chi connectivity index (χ0) is 12.5. The standard InChI is InChI=1S/C12H24N2O3/c15-9-11(16)7-13-8-12(17)14-10-5-3-1-2-4-6-10/h10-11,13,15-16H,1-9H2,(H,14,17). The molecule has 0 spiro atoms. The van der Waals surface area contributed by atoms with Gasteiger partial charge in [0.2, 0.25) is 5.91 Å². The second kappa shape index (κ2) is 8.44. The molecule has 0 aromatic rings. The van der Waals surface area contributed by atoms with E-state index in [2.05, 4.69) is 10.6 Å². The van der Waals surface area contributed by atoms with Crippen LogP contribution in [0.15, 0.2) is 0 Å². The molecule has 0 aromatic heterocycles. The first-order chi connectivity index (χ1) is 8.22. The Morgan fingerprint density at radius 2 is 1.88 bits per heavy atom. The smallest absolute Gasteiger partial charge is 0.234 e. The number of rotatable bonds is 6. The number of aliphatic hydroxyl groups is 2. The van der Waals surface area contributed by atoms with Crippen LogP contribution >= 0.6 is 0 Å². The second-order valence-corrected chi connectivity index (χ2v) is 4.72. The summed E-state index contributed by atoms with van der Waals surface area (Å²) in [4.78, 5) is 11.6. The summed E-state index contributed by atoms with van der Waals surface area (Å²) in [5.74, 6) is -0.0259. The Morgan fingerprint density at radius 3 is 2.47 bits per heavy atom. The lowest BCUT2D eigenvalue weighted by atomic mass is 10.1. The van der Waals surface area contributed by atoms with Gasteiger partial charge in [-0.3, -0.25) is 4.79 Å². The van der Waals surface area contributed by atoms with Crippen molar-refractivity contribution in [3.05, 3.63) is 0 Å². The summed E-state index contributed by atoms with van der Waals surface area (Å²) in [6.45, 7) is 0.166. The van der Waals surface area contributed by atoms with Crippen LogP contribution in [0.25, 0.3) is 0 Å². The molecule has 1 fully saturated rings. The molecule has 0 aliphatic heterocycles.